The van der Waals surface area contributed by atoms with Gasteiger partial charge in [-0.25, -0.2) is 9.29 Å². The number of carbonyl (C=O) groups is 3. The van der Waals surface area contributed by atoms with Crippen LogP contribution < -0.4 is 20.3 Å². The summed E-state index contributed by atoms with van der Waals surface area (Å²) in [4.78, 5) is 39.0. The Morgan fingerprint density at radius 2 is 1.68 bits per heavy atom. The van der Waals surface area contributed by atoms with Crippen molar-refractivity contribution in [3.63, 3.8) is 0 Å². The zero-order valence-corrected chi connectivity index (χ0v) is 19.1. The van der Waals surface area contributed by atoms with E-state index < -0.39 is 17.6 Å². The van der Waals surface area contributed by atoms with Gasteiger partial charge >= 0.3 is 0 Å². The molecule has 0 aromatic heterocycles. The van der Waals surface area contributed by atoms with E-state index in [1.54, 1.807) is 49.6 Å². The third-order valence-corrected chi connectivity index (χ3v) is 5.57. The highest BCUT2D eigenvalue weighted by Crippen LogP contribution is 2.32. The number of nitrogens with zero attached hydrogens (tertiary/aromatic N) is 1. The van der Waals surface area contributed by atoms with E-state index in [4.69, 9.17) is 27.9 Å². The summed E-state index contributed by atoms with van der Waals surface area (Å²) in [5, 5.41) is 4.97. The van der Waals surface area contributed by atoms with Crippen LogP contribution in [0.15, 0.2) is 77.5 Å². The SMILES string of the molecule is COc1ccc(NC(=O)c2cccc(NC3=C(Cl)C(=O)N(c4ccc(F)c(Cl)c4)C3=O)c2)cc1. The van der Waals surface area contributed by atoms with Crippen LogP contribution >= 0.6 is 23.2 Å². The minimum atomic E-state index is -0.787. The summed E-state index contributed by atoms with van der Waals surface area (Å²) >= 11 is 11.9. The molecule has 172 valence electrons. The molecule has 34 heavy (non-hydrogen) atoms. The van der Waals surface area contributed by atoms with Crippen LogP contribution in [0.2, 0.25) is 5.02 Å². The number of hydrogen-bond donors (Lipinski definition) is 2. The fraction of sp³-hybridized carbons (Fsp3) is 0.0417. The number of hydrogen-bond acceptors (Lipinski definition) is 5. The van der Waals surface area contributed by atoms with Crippen LogP contribution in [0.1, 0.15) is 10.4 Å². The van der Waals surface area contributed by atoms with E-state index in [1.807, 2.05) is 0 Å². The van der Waals surface area contributed by atoms with Gasteiger partial charge in [0.25, 0.3) is 17.7 Å². The smallest absolute Gasteiger partial charge is 0.283 e. The van der Waals surface area contributed by atoms with Gasteiger partial charge in [-0.1, -0.05) is 29.3 Å². The highest BCUT2D eigenvalue weighted by molar-refractivity contribution is 6.53. The number of carbonyl (C=O) groups excluding carboxylic acids is 3. The van der Waals surface area contributed by atoms with E-state index in [0.29, 0.717) is 22.7 Å². The largest absolute Gasteiger partial charge is 0.497 e. The van der Waals surface area contributed by atoms with Gasteiger partial charge < -0.3 is 15.4 Å². The second-order valence-electron chi connectivity index (χ2n) is 7.12. The van der Waals surface area contributed by atoms with Crippen LogP contribution in [0.4, 0.5) is 21.5 Å². The molecule has 0 atom stereocenters. The molecular formula is C24H16Cl2FN3O4. The summed E-state index contributed by atoms with van der Waals surface area (Å²) in [6, 6.07) is 16.6. The minimum absolute atomic E-state index is 0.0731. The topological polar surface area (TPSA) is 87.7 Å². The van der Waals surface area contributed by atoms with Crippen LogP contribution in [-0.4, -0.2) is 24.8 Å². The van der Waals surface area contributed by atoms with Gasteiger partial charge in [0.05, 0.1) is 17.8 Å². The summed E-state index contributed by atoms with van der Waals surface area (Å²) < 4.78 is 18.6. The molecule has 0 spiro atoms. The zero-order chi connectivity index (χ0) is 24.4. The fourth-order valence-corrected chi connectivity index (χ4v) is 3.62. The van der Waals surface area contributed by atoms with E-state index in [0.717, 1.165) is 17.0 Å². The molecule has 0 saturated carbocycles. The lowest BCUT2D eigenvalue weighted by Gasteiger charge is -2.15. The molecule has 7 nitrogen and oxygen atoms in total. The second-order valence-corrected chi connectivity index (χ2v) is 7.91. The van der Waals surface area contributed by atoms with Gasteiger partial charge in [0.1, 0.15) is 22.3 Å². The number of imide groups is 1. The Bertz CT molecular complexity index is 1340. The van der Waals surface area contributed by atoms with Gasteiger partial charge in [-0.2, -0.15) is 0 Å². The van der Waals surface area contributed by atoms with Crippen LogP contribution in [0.3, 0.4) is 0 Å². The van der Waals surface area contributed by atoms with Crippen molar-refractivity contribution in [1.29, 1.82) is 0 Å². The number of methoxy groups -OCH3 is 1. The molecule has 1 aliphatic heterocycles. The van der Waals surface area contributed by atoms with Gasteiger partial charge in [0.2, 0.25) is 0 Å². The van der Waals surface area contributed by atoms with Gasteiger partial charge in [-0.05, 0) is 60.7 Å². The lowest BCUT2D eigenvalue weighted by Crippen LogP contribution is -2.32. The molecule has 1 heterocycles. The van der Waals surface area contributed by atoms with Crippen molar-refractivity contribution < 1.29 is 23.5 Å². The Balaban J connectivity index is 1.52. The Morgan fingerprint density at radius 1 is 0.941 bits per heavy atom. The first kappa shape index (κ1) is 23.3. The van der Waals surface area contributed by atoms with Crippen molar-refractivity contribution in [2.75, 3.05) is 22.6 Å². The first-order valence-corrected chi connectivity index (χ1v) is 10.6. The molecule has 0 aliphatic carbocycles. The van der Waals surface area contributed by atoms with Crippen molar-refractivity contribution in [2.45, 2.75) is 0 Å². The number of anilines is 3. The van der Waals surface area contributed by atoms with Crippen LogP contribution in [0, 0.1) is 5.82 Å². The van der Waals surface area contributed by atoms with Crippen LogP contribution in [-0.2, 0) is 9.59 Å². The lowest BCUT2D eigenvalue weighted by atomic mass is 10.1. The molecule has 3 amide bonds. The van der Waals surface area contributed by atoms with E-state index in [9.17, 15) is 18.8 Å². The normalized spacial score (nSPS) is 13.4. The van der Waals surface area contributed by atoms with Crippen LogP contribution in [0.5, 0.6) is 5.75 Å². The highest BCUT2D eigenvalue weighted by Gasteiger charge is 2.39. The van der Waals surface area contributed by atoms with Gasteiger partial charge in [0.15, 0.2) is 0 Å². The number of amides is 3. The Morgan fingerprint density at radius 3 is 2.35 bits per heavy atom. The van der Waals surface area contributed by atoms with Crippen molar-refractivity contribution in [3.8, 4) is 5.75 Å². The number of nitrogens with one attached hydrogen (secondary N) is 2. The van der Waals surface area contributed by atoms with E-state index in [1.165, 1.54) is 12.1 Å². The fourth-order valence-electron chi connectivity index (χ4n) is 3.23. The number of benzene rings is 3. The molecule has 4 rings (SSSR count). The zero-order valence-electron chi connectivity index (χ0n) is 17.6. The summed E-state index contributed by atoms with van der Waals surface area (Å²) in [7, 11) is 1.55. The lowest BCUT2D eigenvalue weighted by molar-refractivity contribution is -0.120. The average molecular weight is 500 g/mol. The predicted octanol–water partition coefficient (Wildman–Crippen LogP) is 5.18. The number of rotatable bonds is 6. The Labute approximate surface area is 203 Å². The number of halogens is 3. The first-order valence-electron chi connectivity index (χ1n) is 9.84. The maximum Gasteiger partial charge on any atom is 0.283 e. The monoisotopic (exact) mass is 499 g/mol. The van der Waals surface area contributed by atoms with E-state index in [-0.39, 0.29) is 27.3 Å². The molecule has 3 aromatic carbocycles. The molecule has 2 N–H and O–H groups in total. The second kappa shape index (κ2) is 9.54. The molecule has 0 fully saturated rings. The van der Waals surface area contributed by atoms with Crippen molar-refractivity contribution in [2.24, 2.45) is 0 Å². The van der Waals surface area contributed by atoms with E-state index in [2.05, 4.69) is 10.6 Å². The summed E-state index contributed by atoms with van der Waals surface area (Å²) in [6.07, 6.45) is 0. The average Bonchev–Trinajstić information content (AvgIpc) is 3.04. The Kier molecular flexibility index (Phi) is 6.54. The predicted molar refractivity (Wildman–Crippen MR) is 128 cm³/mol. The first-order chi connectivity index (χ1) is 16.3. The number of ether oxygens (including phenoxy) is 1. The molecular weight excluding hydrogens is 484 g/mol. The third-order valence-electron chi connectivity index (χ3n) is 4.93. The molecule has 3 aromatic rings. The summed E-state index contributed by atoms with van der Waals surface area (Å²) in [5.74, 6) is -1.95. The standard InChI is InChI=1S/C24H16Cl2FN3O4/c1-34-17-8-5-14(6-9-17)29-22(31)13-3-2-4-15(11-13)28-21-20(26)23(32)30(24(21)33)16-7-10-19(27)18(25)12-16/h2-12,28H,1H3,(H,29,31). The molecule has 1 aliphatic rings. The van der Waals surface area contributed by atoms with Gasteiger partial charge in [-0.15, -0.1) is 0 Å². The van der Waals surface area contributed by atoms with E-state index >= 15 is 0 Å². The quantitative estimate of drug-likeness (QED) is 0.456. The van der Waals surface area contributed by atoms with Crippen molar-refractivity contribution >= 4 is 58.0 Å². The van der Waals surface area contributed by atoms with Gasteiger partial charge in [-0.3, -0.25) is 14.4 Å². The molecule has 0 saturated heterocycles. The highest BCUT2D eigenvalue weighted by atomic mass is 35.5. The van der Waals surface area contributed by atoms with Crippen molar-refractivity contribution in [1.82, 2.24) is 0 Å². The minimum Gasteiger partial charge on any atom is -0.497 e. The molecule has 0 unspecified atom stereocenters. The molecule has 0 radical (unpaired) electrons. The Hall–Kier alpha value is -3.88. The maximum atomic E-state index is 13.5. The van der Waals surface area contributed by atoms with Gasteiger partial charge in [0, 0.05) is 16.9 Å². The molecule has 10 heteroatoms. The van der Waals surface area contributed by atoms with Crippen LogP contribution in [0.25, 0.3) is 0 Å². The van der Waals surface area contributed by atoms with Crippen molar-refractivity contribution in [3.05, 3.63) is 93.9 Å². The molecule has 0 bridgehead atoms. The third kappa shape index (κ3) is 4.59. The summed E-state index contributed by atoms with van der Waals surface area (Å²) in [5.41, 5.74) is 1.12. The maximum absolute atomic E-state index is 13.5. The summed E-state index contributed by atoms with van der Waals surface area (Å²) in [6.45, 7) is 0.